The van der Waals surface area contributed by atoms with Crippen molar-refractivity contribution in [2.75, 3.05) is 5.32 Å². The third-order valence-corrected chi connectivity index (χ3v) is 4.52. The smallest absolute Gasteiger partial charge is 0.259 e. The number of aryl methyl sites for hydroxylation is 1. The zero-order chi connectivity index (χ0) is 19.7. The molecule has 6 nitrogen and oxygen atoms in total. The number of imidazole rings is 1. The summed E-state index contributed by atoms with van der Waals surface area (Å²) >= 11 is 0. The van der Waals surface area contributed by atoms with Gasteiger partial charge >= 0.3 is 0 Å². The van der Waals surface area contributed by atoms with Crippen molar-refractivity contribution in [2.24, 2.45) is 0 Å². The molecule has 2 heterocycles. The molecule has 0 fully saturated rings. The normalized spacial score (nSPS) is 10.8. The highest BCUT2D eigenvalue weighted by atomic mass is 19.1. The first-order valence-electron chi connectivity index (χ1n) is 8.75. The number of nitrogens with zero attached hydrogens (tertiary/aromatic N) is 4. The Hall–Kier alpha value is -3.74. The fourth-order valence-electron chi connectivity index (χ4n) is 3.13. The first-order valence-corrected chi connectivity index (χ1v) is 8.75. The average Bonchev–Trinajstić information content (AvgIpc) is 3.31. The molecule has 0 aliphatic rings. The van der Waals surface area contributed by atoms with Crippen LogP contribution < -0.4 is 5.32 Å². The van der Waals surface area contributed by atoms with Gasteiger partial charge in [0.15, 0.2) is 0 Å². The van der Waals surface area contributed by atoms with Crippen molar-refractivity contribution in [3.8, 4) is 11.4 Å². The van der Waals surface area contributed by atoms with Crippen LogP contribution in [0.3, 0.4) is 0 Å². The lowest BCUT2D eigenvalue weighted by Gasteiger charge is -2.08. The molecule has 0 saturated heterocycles. The Bertz CT molecular complexity index is 1110. The first-order chi connectivity index (χ1) is 13.5. The number of amides is 1. The Morgan fingerprint density at radius 3 is 2.32 bits per heavy atom. The highest BCUT2D eigenvalue weighted by Gasteiger charge is 2.19. The molecule has 0 bridgehead atoms. The molecule has 1 N–H and O–H groups in total. The summed E-state index contributed by atoms with van der Waals surface area (Å²) in [7, 11) is 0. The van der Waals surface area contributed by atoms with Gasteiger partial charge in [0.2, 0.25) is 0 Å². The Morgan fingerprint density at radius 1 is 1.00 bits per heavy atom. The average molecular weight is 375 g/mol. The number of hydrogen-bond acceptors (Lipinski definition) is 3. The zero-order valence-electron chi connectivity index (χ0n) is 15.4. The van der Waals surface area contributed by atoms with Crippen LogP contribution in [0.2, 0.25) is 0 Å². The number of aromatic nitrogens is 4. The van der Waals surface area contributed by atoms with Gasteiger partial charge in [-0.05, 0) is 62.4 Å². The quantitative estimate of drug-likeness (QED) is 0.585. The van der Waals surface area contributed by atoms with Crippen molar-refractivity contribution in [1.82, 2.24) is 19.3 Å². The largest absolute Gasteiger partial charge is 0.322 e. The number of anilines is 1. The van der Waals surface area contributed by atoms with Crippen molar-refractivity contribution >= 4 is 11.6 Å². The summed E-state index contributed by atoms with van der Waals surface area (Å²) in [6.07, 6.45) is 5.27. The standard InChI is InChI=1S/C21H18FN5O/c1-14-20(15(2)27(25-14)19-7-3-16(22)4-8-19)21(28)24-17-5-9-18(10-6-17)26-12-11-23-13-26/h3-13H,1-2H3,(H,24,28). The lowest BCUT2D eigenvalue weighted by atomic mass is 10.1. The summed E-state index contributed by atoms with van der Waals surface area (Å²) in [6, 6.07) is 13.5. The first kappa shape index (κ1) is 17.7. The van der Waals surface area contributed by atoms with E-state index in [1.54, 1.807) is 36.3 Å². The molecule has 0 aliphatic heterocycles. The van der Waals surface area contributed by atoms with Crippen LogP contribution in [0.4, 0.5) is 10.1 Å². The third kappa shape index (κ3) is 3.29. The van der Waals surface area contributed by atoms with Crippen LogP contribution in [-0.4, -0.2) is 25.2 Å². The minimum atomic E-state index is -0.317. The Kier molecular flexibility index (Phi) is 4.49. The van der Waals surface area contributed by atoms with Gasteiger partial charge in [-0.1, -0.05) is 0 Å². The molecule has 2 aromatic carbocycles. The Labute approximate surface area is 161 Å². The van der Waals surface area contributed by atoms with Crippen molar-refractivity contribution < 1.29 is 9.18 Å². The van der Waals surface area contributed by atoms with Crippen LogP contribution in [0.1, 0.15) is 21.7 Å². The summed E-state index contributed by atoms with van der Waals surface area (Å²) in [4.78, 5) is 16.9. The minimum Gasteiger partial charge on any atom is -0.322 e. The van der Waals surface area contributed by atoms with Crippen molar-refractivity contribution in [3.63, 3.8) is 0 Å². The topological polar surface area (TPSA) is 64.7 Å². The molecule has 4 rings (SSSR count). The molecule has 0 aliphatic carbocycles. The van der Waals surface area contributed by atoms with E-state index in [0.717, 1.165) is 5.69 Å². The maximum absolute atomic E-state index is 13.2. The summed E-state index contributed by atoms with van der Waals surface area (Å²) < 4.78 is 16.7. The molecule has 28 heavy (non-hydrogen) atoms. The number of halogens is 1. The van der Waals surface area contributed by atoms with Gasteiger partial charge in [0, 0.05) is 23.8 Å². The van der Waals surface area contributed by atoms with E-state index in [4.69, 9.17) is 0 Å². The molecule has 2 aromatic heterocycles. The third-order valence-electron chi connectivity index (χ3n) is 4.52. The molecule has 140 valence electrons. The van der Waals surface area contributed by atoms with Crippen LogP contribution in [-0.2, 0) is 0 Å². The predicted octanol–water partition coefficient (Wildman–Crippen LogP) is 4.07. The van der Waals surface area contributed by atoms with Gasteiger partial charge in [0.05, 0.1) is 29.0 Å². The maximum Gasteiger partial charge on any atom is 0.259 e. The monoisotopic (exact) mass is 375 g/mol. The predicted molar refractivity (Wildman–Crippen MR) is 105 cm³/mol. The number of carbonyl (C=O) groups excluding carboxylic acids is 1. The molecule has 0 radical (unpaired) electrons. The zero-order valence-corrected chi connectivity index (χ0v) is 15.4. The maximum atomic E-state index is 13.2. The van der Waals surface area contributed by atoms with E-state index in [1.807, 2.05) is 42.0 Å². The van der Waals surface area contributed by atoms with Crippen molar-refractivity contribution in [2.45, 2.75) is 13.8 Å². The number of nitrogens with one attached hydrogen (secondary N) is 1. The molecule has 0 saturated carbocycles. The van der Waals surface area contributed by atoms with Gasteiger partial charge in [0.1, 0.15) is 5.82 Å². The van der Waals surface area contributed by atoms with E-state index in [9.17, 15) is 9.18 Å². The molecular weight excluding hydrogens is 357 g/mol. The summed E-state index contributed by atoms with van der Waals surface area (Å²) in [5.74, 6) is -0.555. The lowest BCUT2D eigenvalue weighted by Crippen LogP contribution is -2.14. The second-order valence-corrected chi connectivity index (χ2v) is 6.40. The number of benzene rings is 2. The minimum absolute atomic E-state index is 0.237. The summed E-state index contributed by atoms with van der Waals surface area (Å²) in [6.45, 7) is 3.60. The van der Waals surface area contributed by atoms with Crippen LogP contribution in [0.5, 0.6) is 0 Å². The fourth-order valence-corrected chi connectivity index (χ4v) is 3.13. The van der Waals surface area contributed by atoms with Gasteiger partial charge < -0.3 is 9.88 Å². The van der Waals surface area contributed by atoms with Gasteiger partial charge in [-0.15, -0.1) is 0 Å². The molecular formula is C21H18FN5O. The van der Waals surface area contributed by atoms with E-state index in [2.05, 4.69) is 15.4 Å². The van der Waals surface area contributed by atoms with E-state index in [1.165, 1.54) is 12.1 Å². The van der Waals surface area contributed by atoms with Gasteiger partial charge in [0.25, 0.3) is 5.91 Å². The van der Waals surface area contributed by atoms with Crippen LogP contribution in [0.25, 0.3) is 11.4 Å². The van der Waals surface area contributed by atoms with E-state index < -0.39 is 0 Å². The number of hydrogen-bond donors (Lipinski definition) is 1. The van der Waals surface area contributed by atoms with E-state index >= 15 is 0 Å². The van der Waals surface area contributed by atoms with E-state index in [0.29, 0.717) is 28.3 Å². The number of rotatable bonds is 4. The van der Waals surface area contributed by atoms with Gasteiger partial charge in [-0.2, -0.15) is 5.10 Å². The Balaban J connectivity index is 1.57. The van der Waals surface area contributed by atoms with Crippen LogP contribution in [0, 0.1) is 19.7 Å². The SMILES string of the molecule is Cc1nn(-c2ccc(F)cc2)c(C)c1C(=O)Nc1ccc(-n2ccnc2)cc1. The van der Waals surface area contributed by atoms with Crippen LogP contribution >= 0.6 is 0 Å². The molecule has 0 unspecified atom stereocenters. The summed E-state index contributed by atoms with van der Waals surface area (Å²) in [5.41, 5.74) is 4.13. The fraction of sp³-hybridized carbons (Fsp3) is 0.0952. The highest BCUT2D eigenvalue weighted by molar-refractivity contribution is 6.06. The molecule has 1 amide bonds. The lowest BCUT2D eigenvalue weighted by molar-refractivity contribution is 0.102. The van der Waals surface area contributed by atoms with Gasteiger partial charge in [-0.25, -0.2) is 14.1 Å². The van der Waals surface area contributed by atoms with Crippen LogP contribution in [0.15, 0.2) is 67.3 Å². The second-order valence-electron chi connectivity index (χ2n) is 6.40. The number of carbonyl (C=O) groups is 1. The molecule has 7 heteroatoms. The molecule has 4 aromatic rings. The van der Waals surface area contributed by atoms with Gasteiger partial charge in [-0.3, -0.25) is 4.79 Å². The van der Waals surface area contributed by atoms with Crippen molar-refractivity contribution in [3.05, 3.63) is 90.0 Å². The molecule has 0 atom stereocenters. The second kappa shape index (κ2) is 7.11. The van der Waals surface area contributed by atoms with Crippen molar-refractivity contribution in [1.29, 1.82) is 0 Å². The highest BCUT2D eigenvalue weighted by Crippen LogP contribution is 2.20. The summed E-state index contributed by atoms with van der Waals surface area (Å²) in [5, 5.41) is 7.35. The molecule has 0 spiro atoms. The van der Waals surface area contributed by atoms with E-state index in [-0.39, 0.29) is 11.7 Å². The Morgan fingerprint density at radius 2 is 1.68 bits per heavy atom.